The quantitative estimate of drug-likeness (QED) is 0.758. The highest BCUT2D eigenvalue weighted by Crippen LogP contribution is 2.19. The Morgan fingerprint density at radius 1 is 1.00 bits per heavy atom. The summed E-state index contributed by atoms with van der Waals surface area (Å²) in [6.07, 6.45) is 1.56. The fourth-order valence-electron chi connectivity index (χ4n) is 2.48. The highest BCUT2D eigenvalue weighted by molar-refractivity contribution is 6.05. The van der Waals surface area contributed by atoms with Crippen LogP contribution < -0.4 is 10.6 Å². The molecule has 0 bridgehead atoms. The van der Waals surface area contributed by atoms with Crippen molar-refractivity contribution in [3.63, 3.8) is 0 Å². The minimum Gasteiger partial charge on any atom is -0.464 e. The van der Waals surface area contributed by atoms with Gasteiger partial charge in [-0.2, -0.15) is 0 Å². The summed E-state index contributed by atoms with van der Waals surface area (Å²) < 4.78 is 5.30. The molecule has 0 saturated heterocycles. The Bertz CT molecular complexity index is 855. The molecule has 0 spiro atoms. The summed E-state index contributed by atoms with van der Waals surface area (Å²) in [6.45, 7) is 2.19. The Hall–Kier alpha value is -3.08. The number of nitrogens with one attached hydrogen (secondary N) is 2. The molecular weight excluding hydrogens is 304 g/mol. The van der Waals surface area contributed by atoms with Crippen LogP contribution in [0.1, 0.15) is 27.6 Å². The van der Waals surface area contributed by atoms with Crippen molar-refractivity contribution >= 4 is 22.8 Å². The van der Waals surface area contributed by atoms with Crippen LogP contribution >= 0.6 is 0 Å². The van der Waals surface area contributed by atoms with Gasteiger partial charge in [0.05, 0.1) is 11.8 Å². The molecule has 0 aliphatic heterocycles. The molecule has 2 N–H and O–H groups in total. The van der Waals surface area contributed by atoms with Crippen LogP contribution in [0.15, 0.2) is 65.3 Å². The standard InChI is InChI=1S/C19H18N2O3/c1-13(21-18(22)14-6-3-2-4-7-14)12-20-19(23)16-8-5-9-17-15(16)10-11-24-17/h2-11,13H,12H2,1H3,(H,20,23)(H,21,22). The van der Waals surface area contributed by atoms with E-state index >= 15 is 0 Å². The predicted octanol–water partition coefficient (Wildman–Crippen LogP) is 2.98. The first-order valence-electron chi connectivity index (χ1n) is 7.75. The number of furan rings is 1. The lowest BCUT2D eigenvalue weighted by Gasteiger charge is -2.15. The molecule has 0 aliphatic carbocycles. The van der Waals surface area contributed by atoms with Gasteiger partial charge >= 0.3 is 0 Å². The second-order valence-corrected chi connectivity index (χ2v) is 5.59. The van der Waals surface area contributed by atoms with Crippen LogP contribution in [0.25, 0.3) is 11.0 Å². The molecule has 0 aliphatic rings. The van der Waals surface area contributed by atoms with Gasteiger partial charge in [0.25, 0.3) is 11.8 Å². The first kappa shape index (κ1) is 15.8. The molecule has 1 heterocycles. The molecule has 5 heteroatoms. The summed E-state index contributed by atoms with van der Waals surface area (Å²) in [6, 6.07) is 15.9. The van der Waals surface area contributed by atoms with Gasteiger partial charge in [0.15, 0.2) is 0 Å². The molecule has 5 nitrogen and oxygen atoms in total. The highest BCUT2D eigenvalue weighted by Gasteiger charge is 2.14. The molecule has 0 saturated carbocycles. The molecule has 1 atom stereocenters. The van der Waals surface area contributed by atoms with Crippen LogP contribution in [-0.2, 0) is 0 Å². The largest absolute Gasteiger partial charge is 0.464 e. The van der Waals surface area contributed by atoms with Gasteiger partial charge in [-0.3, -0.25) is 9.59 Å². The molecule has 3 rings (SSSR count). The third-order valence-corrected chi connectivity index (χ3v) is 3.72. The number of carbonyl (C=O) groups is 2. The number of amides is 2. The van der Waals surface area contributed by atoms with Crippen molar-refractivity contribution in [2.45, 2.75) is 13.0 Å². The van der Waals surface area contributed by atoms with Crippen LogP contribution in [-0.4, -0.2) is 24.4 Å². The smallest absolute Gasteiger partial charge is 0.252 e. The molecule has 2 amide bonds. The molecule has 0 fully saturated rings. The van der Waals surface area contributed by atoms with Gasteiger partial charge in [-0.1, -0.05) is 24.3 Å². The van der Waals surface area contributed by atoms with Crippen molar-refractivity contribution in [2.24, 2.45) is 0 Å². The van der Waals surface area contributed by atoms with Crippen molar-refractivity contribution in [1.29, 1.82) is 0 Å². The SMILES string of the molecule is CC(CNC(=O)c1cccc2occc12)NC(=O)c1ccccc1. The zero-order valence-electron chi connectivity index (χ0n) is 13.3. The topological polar surface area (TPSA) is 71.3 Å². The van der Waals surface area contributed by atoms with Crippen molar-refractivity contribution in [2.75, 3.05) is 6.54 Å². The van der Waals surface area contributed by atoms with E-state index < -0.39 is 0 Å². The monoisotopic (exact) mass is 322 g/mol. The van der Waals surface area contributed by atoms with Crippen LogP contribution in [0.2, 0.25) is 0 Å². The van der Waals surface area contributed by atoms with Gasteiger partial charge in [0, 0.05) is 23.5 Å². The minimum atomic E-state index is -0.192. The maximum Gasteiger partial charge on any atom is 0.252 e. The van der Waals surface area contributed by atoms with Crippen molar-refractivity contribution in [3.8, 4) is 0 Å². The maximum absolute atomic E-state index is 12.4. The van der Waals surface area contributed by atoms with Crippen molar-refractivity contribution in [3.05, 3.63) is 72.0 Å². The lowest BCUT2D eigenvalue weighted by Crippen LogP contribution is -2.41. The second-order valence-electron chi connectivity index (χ2n) is 5.59. The first-order valence-corrected chi connectivity index (χ1v) is 7.75. The first-order chi connectivity index (χ1) is 11.6. The van der Waals surface area contributed by atoms with Gasteiger partial charge in [-0.25, -0.2) is 0 Å². The van der Waals surface area contributed by atoms with Crippen LogP contribution in [0.4, 0.5) is 0 Å². The summed E-state index contributed by atoms with van der Waals surface area (Å²) in [5.41, 5.74) is 1.83. The summed E-state index contributed by atoms with van der Waals surface area (Å²) in [5.74, 6) is -0.350. The van der Waals surface area contributed by atoms with E-state index in [4.69, 9.17) is 4.42 Å². The molecule has 0 radical (unpaired) electrons. The highest BCUT2D eigenvalue weighted by atomic mass is 16.3. The molecule has 1 unspecified atom stereocenters. The number of carbonyl (C=O) groups excluding carboxylic acids is 2. The Labute approximate surface area is 139 Å². The van der Waals surface area contributed by atoms with E-state index in [9.17, 15) is 9.59 Å². The molecular formula is C19H18N2O3. The fourth-order valence-corrected chi connectivity index (χ4v) is 2.48. The Balaban J connectivity index is 1.58. The number of hydrogen-bond donors (Lipinski definition) is 2. The van der Waals surface area contributed by atoms with E-state index in [-0.39, 0.29) is 17.9 Å². The summed E-state index contributed by atoms with van der Waals surface area (Å²) >= 11 is 0. The normalized spacial score (nSPS) is 11.9. The van der Waals surface area contributed by atoms with Gasteiger partial charge in [-0.15, -0.1) is 0 Å². The Morgan fingerprint density at radius 2 is 1.79 bits per heavy atom. The average molecular weight is 322 g/mol. The molecule has 24 heavy (non-hydrogen) atoms. The fraction of sp³-hybridized carbons (Fsp3) is 0.158. The van der Waals surface area contributed by atoms with Gasteiger partial charge < -0.3 is 15.1 Å². The van der Waals surface area contributed by atoms with E-state index in [2.05, 4.69) is 10.6 Å². The van der Waals surface area contributed by atoms with Crippen LogP contribution in [0, 0.1) is 0 Å². The number of benzene rings is 2. The molecule has 3 aromatic rings. The lowest BCUT2D eigenvalue weighted by atomic mass is 10.1. The van der Waals surface area contributed by atoms with Gasteiger partial charge in [0.1, 0.15) is 5.58 Å². The molecule has 122 valence electrons. The Kier molecular flexibility index (Phi) is 4.61. The number of fused-ring (bicyclic) bond motifs is 1. The number of hydrogen-bond acceptors (Lipinski definition) is 3. The van der Waals surface area contributed by atoms with E-state index in [1.54, 1.807) is 36.6 Å². The predicted molar refractivity (Wildman–Crippen MR) is 91.9 cm³/mol. The van der Waals surface area contributed by atoms with Crippen molar-refractivity contribution in [1.82, 2.24) is 10.6 Å². The third kappa shape index (κ3) is 3.46. The Morgan fingerprint density at radius 3 is 2.58 bits per heavy atom. The zero-order chi connectivity index (χ0) is 16.9. The maximum atomic E-state index is 12.4. The van der Waals surface area contributed by atoms with Crippen LogP contribution in [0.5, 0.6) is 0 Å². The minimum absolute atomic E-state index is 0.158. The van der Waals surface area contributed by atoms with E-state index in [1.807, 2.05) is 31.2 Å². The summed E-state index contributed by atoms with van der Waals surface area (Å²) in [7, 11) is 0. The van der Waals surface area contributed by atoms with E-state index in [0.717, 1.165) is 5.39 Å². The van der Waals surface area contributed by atoms with Gasteiger partial charge in [-0.05, 0) is 37.3 Å². The van der Waals surface area contributed by atoms with Crippen molar-refractivity contribution < 1.29 is 14.0 Å². The van der Waals surface area contributed by atoms with E-state index in [1.165, 1.54) is 0 Å². The van der Waals surface area contributed by atoms with Crippen LogP contribution in [0.3, 0.4) is 0 Å². The summed E-state index contributed by atoms with van der Waals surface area (Å²) in [5, 5.41) is 6.48. The molecule has 2 aromatic carbocycles. The molecule has 1 aromatic heterocycles. The van der Waals surface area contributed by atoms with Gasteiger partial charge in [0.2, 0.25) is 0 Å². The average Bonchev–Trinajstić information content (AvgIpc) is 3.09. The lowest BCUT2D eigenvalue weighted by molar-refractivity contribution is 0.0913. The third-order valence-electron chi connectivity index (χ3n) is 3.72. The second kappa shape index (κ2) is 7.00. The summed E-state index contributed by atoms with van der Waals surface area (Å²) in [4.78, 5) is 24.4. The zero-order valence-corrected chi connectivity index (χ0v) is 13.3. The van der Waals surface area contributed by atoms with E-state index in [0.29, 0.717) is 23.3 Å². The number of rotatable bonds is 5.